The van der Waals surface area contributed by atoms with Gasteiger partial charge in [-0.2, -0.15) is 0 Å². The quantitative estimate of drug-likeness (QED) is 0.767. The van der Waals surface area contributed by atoms with Gasteiger partial charge in [0, 0.05) is 19.1 Å². The highest BCUT2D eigenvalue weighted by Crippen LogP contribution is 2.14. The normalized spacial score (nSPS) is 13.8. The van der Waals surface area contributed by atoms with Crippen LogP contribution in [0.3, 0.4) is 0 Å². The highest BCUT2D eigenvalue weighted by molar-refractivity contribution is 5.27. The highest BCUT2D eigenvalue weighted by Gasteiger charge is 2.21. The van der Waals surface area contributed by atoms with E-state index in [1.165, 1.54) is 11.1 Å². The maximum Gasteiger partial charge on any atom is 0.0741 e. The third-order valence-corrected chi connectivity index (χ3v) is 4.07. The van der Waals surface area contributed by atoms with Crippen molar-refractivity contribution in [1.29, 1.82) is 0 Å². The van der Waals surface area contributed by atoms with Gasteiger partial charge in [0.25, 0.3) is 0 Å². The van der Waals surface area contributed by atoms with E-state index in [1.807, 2.05) is 20.8 Å². The summed E-state index contributed by atoms with van der Waals surface area (Å²) in [6.07, 6.45) is 0. The number of nitrogens with one attached hydrogen (secondary N) is 1. The summed E-state index contributed by atoms with van der Waals surface area (Å²) in [6.45, 7) is 14.0. The Labute approximate surface area is 124 Å². The van der Waals surface area contributed by atoms with Gasteiger partial charge < -0.3 is 10.4 Å². The van der Waals surface area contributed by atoms with Gasteiger partial charge in [-0.1, -0.05) is 38.1 Å². The van der Waals surface area contributed by atoms with Crippen molar-refractivity contribution in [2.45, 2.75) is 59.4 Å². The number of hydrogen-bond donors (Lipinski definition) is 2. The molecule has 1 aromatic rings. The molecule has 0 amide bonds. The summed E-state index contributed by atoms with van der Waals surface area (Å²) in [6, 6.07) is 8.61. The van der Waals surface area contributed by atoms with Gasteiger partial charge in [-0.15, -0.1) is 0 Å². The number of hydrogen-bond acceptors (Lipinski definition) is 3. The molecule has 1 rings (SSSR count). The van der Waals surface area contributed by atoms with Gasteiger partial charge in [0.1, 0.15) is 0 Å². The lowest BCUT2D eigenvalue weighted by molar-refractivity contribution is 0.0437. The fraction of sp³-hybridized carbons (Fsp3) is 0.647. The van der Waals surface area contributed by atoms with Gasteiger partial charge in [0.2, 0.25) is 0 Å². The van der Waals surface area contributed by atoms with E-state index in [4.69, 9.17) is 0 Å². The zero-order valence-electron chi connectivity index (χ0n) is 13.6. The minimum absolute atomic E-state index is 0.0593. The molecule has 0 spiro atoms. The van der Waals surface area contributed by atoms with E-state index in [9.17, 15) is 5.11 Å². The summed E-state index contributed by atoms with van der Waals surface area (Å²) in [4.78, 5) is 2.41. The molecule has 1 aromatic carbocycles. The Morgan fingerprint density at radius 2 is 1.70 bits per heavy atom. The smallest absolute Gasteiger partial charge is 0.0741 e. The molecule has 20 heavy (non-hydrogen) atoms. The Kier molecular flexibility index (Phi) is 6.66. The molecule has 114 valence electrons. The second kappa shape index (κ2) is 7.77. The van der Waals surface area contributed by atoms with Crippen molar-refractivity contribution in [1.82, 2.24) is 10.2 Å². The maximum absolute atomic E-state index is 9.98. The molecule has 0 aliphatic rings. The van der Waals surface area contributed by atoms with Crippen molar-refractivity contribution in [3.8, 4) is 0 Å². The minimum Gasteiger partial charge on any atom is -0.389 e. The highest BCUT2D eigenvalue weighted by atomic mass is 16.3. The summed E-state index contributed by atoms with van der Waals surface area (Å²) in [5, 5.41) is 13.4. The molecule has 0 saturated carbocycles. The SMILES string of the molecule is CCN(CC)Cc1ccccc1CNC(C)C(C)(C)O. The second-order valence-corrected chi connectivity index (χ2v) is 5.99. The van der Waals surface area contributed by atoms with Crippen LogP contribution in [0.25, 0.3) is 0 Å². The predicted octanol–water partition coefficient (Wildman–Crippen LogP) is 2.78. The largest absolute Gasteiger partial charge is 0.389 e. The van der Waals surface area contributed by atoms with Gasteiger partial charge in [-0.3, -0.25) is 4.90 Å². The number of benzene rings is 1. The van der Waals surface area contributed by atoms with Gasteiger partial charge in [0.15, 0.2) is 0 Å². The first-order chi connectivity index (χ1) is 9.38. The molecule has 0 aliphatic heterocycles. The third-order valence-electron chi connectivity index (χ3n) is 4.07. The van der Waals surface area contributed by atoms with E-state index in [2.05, 4.69) is 48.3 Å². The molecule has 0 bridgehead atoms. The van der Waals surface area contributed by atoms with Gasteiger partial charge in [0.05, 0.1) is 5.60 Å². The lowest BCUT2D eigenvalue weighted by Crippen LogP contribution is -2.44. The second-order valence-electron chi connectivity index (χ2n) is 5.99. The molecular formula is C17H30N2O. The van der Waals surface area contributed by atoms with E-state index in [0.717, 1.165) is 26.2 Å². The van der Waals surface area contributed by atoms with E-state index in [-0.39, 0.29) is 6.04 Å². The van der Waals surface area contributed by atoms with Crippen LogP contribution in [0.1, 0.15) is 45.7 Å². The molecular weight excluding hydrogens is 248 g/mol. The van der Waals surface area contributed by atoms with Crippen LogP contribution < -0.4 is 5.32 Å². The van der Waals surface area contributed by atoms with Crippen molar-refractivity contribution in [3.63, 3.8) is 0 Å². The lowest BCUT2D eigenvalue weighted by Gasteiger charge is -2.27. The van der Waals surface area contributed by atoms with Gasteiger partial charge in [-0.05, 0) is 45.0 Å². The maximum atomic E-state index is 9.98. The summed E-state index contributed by atoms with van der Waals surface area (Å²) < 4.78 is 0. The van der Waals surface area contributed by atoms with Crippen molar-refractivity contribution < 1.29 is 5.11 Å². The number of aliphatic hydroxyl groups is 1. The molecule has 0 fully saturated rings. The predicted molar refractivity (Wildman–Crippen MR) is 85.7 cm³/mol. The topological polar surface area (TPSA) is 35.5 Å². The standard InChI is InChI=1S/C17H30N2O/c1-6-19(7-2)13-16-11-9-8-10-15(16)12-18-14(3)17(4,5)20/h8-11,14,18,20H,6-7,12-13H2,1-5H3. The van der Waals surface area contributed by atoms with Crippen LogP contribution in [0.15, 0.2) is 24.3 Å². The summed E-state index contributed by atoms with van der Waals surface area (Å²) in [7, 11) is 0. The summed E-state index contributed by atoms with van der Waals surface area (Å²) in [5.74, 6) is 0. The van der Waals surface area contributed by atoms with E-state index in [1.54, 1.807) is 0 Å². The molecule has 1 atom stereocenters. The molecule has 3 nitrogen and oxygen atoms in total. The van der Waals surface area contributed by atoms with Gasteiger partial charge >= 0.3 is 0 Å². The van der Waals surface area contributed by atoms with Gasteiger partial charge in [-0.25, -0.2) is 0 Å². The van der Waals surface area contributed by atoms with Crippen LogP contribution >= 0.6 is 0 Å². The van der Waals surface area contributed by atoms with Crippen LogP contribution in [-0.2, 0) is 13.1 Å². The molecule has 0 saturated heterocycles. The average Bonchev–Trinajstić information content (AvgIpc) is 2.42. The lowest BCUT2D eigenvalue weighted by atomic mass is 10.00. The first-order valence-electron chi connectivity index (χ1n) is 7.63. The van der Waals surface area contributed by atoms with Crippen LogP contribution in [0.5, 0.6) is 0 Å². The van der Waals surface area contributed by atoms with Crippen molar-refractivity contribution >= 4 is 0 Å². The molecule has 0 radical (unpaired) electrons. The molecule has 3 heteroatoms. The number of rotatable bonds is 8. The first kappa shape index (κ1) is 17.2. The minimum atomic E-state index is -0.701. The Morgan fingerprint density at radius 1 is 1.15 bits per heavy atom. The molecule has 0 aromatic heterocycles. The molecule has 2 N–H and O–H groups in total. The van der Waals surface area contributed by atoms with E-state index < -0.39 is 5.60 Å². The van der Waals surface area contributed by atoms with Crippen molar-refractivity contribution in [2.75, 3.05) is 13.1 Å². The van der Waals surface area contributed by atoms with Crippen LogP contribution in [0.2, 0.25) is 0 Å². The van der Waals surface area contributed by atoms with Crippen LogP contribution in [0, 0.1) is 0 Å². The van der Waals surface area contributed by atoms with E-state index >= 15 is 0 Å². The Bertz CT molecular complexity index is 394. The average molecular weight is 278 g/mol. The van der Waals surface area contributed by atoms with Crippen molar-refractivity contribution in [3.05, 3.63) is 35.4 Å². The summed E-state index contributed by atoms with van der Waals surface area (Å²) in [5.41, 5.74) is 1.98. The molecule has 0 heterocycles. The Morgan fingerprint density at radius 3 is 2.20 bits per heavy atom. The zero-order chi connectivity index (χ0) is 15.2. The molecule has 1 unspecified atom stereocenters. The Balaban J connectivity index is 2.71. The summed E-state index contributed by atoms with van der Waals surface area (Å²) >= 11 is 0. The van der Waals surface area contributed by atoms with Crippen LogP contribution in [0.4, 0.5) is 0 Å². The van der Waals surface area contributed by atoms with Crippen molar-refractivity contribution in [2.24, 2.45) is 0 Å². The fourth-order valence-electron chi connectivity index (χ4n) is 2.09. The first-order valence-corrected chi connectivity index (χ1v) is 7.63. The monoisotopic (exact) mass is 278 g/mol. The zero-order valence-corrected chi connectivity index (χ0v) is 13.6. The molecule has 0 aliphatic carbocycles. The fourth-order valence-corrected chi connectivity index (χ4v) is 2.09. The third kappa shape index (κ3) is 5.23. The van der Waals surface area contributed by atoms with Crippen LogP contribution in [-0.4, -0.2) is 34.7 Å². The Hall–Kier alpha value is -0.900. The van der Waals surface area contributed by atoms with E-state index in [0.29, 0.717) is 0 Å². The number of nitrogens with zero attached hydrogens (tertiary/aromatic N) is 1.